The fourth-order valence-corrected chi connectivity index (χ4v) is 8.37. The quantitative estimate of drug-likeness (QED) is 0.160. The smallest absolute Gasteiger partial charge is 0.232 e. The lowest BCUT2D eigenvalue weighted by atomic mass is 9.98. The summed E-state index contributed by atoms with van der Waals surface area (Å²) in [5.74, 6) is -0.408. The van der Waals surface area contributed by atoms with Crippen molar-refractivity contribution in [1.29, 1.82) is 0 Å². The predicted octanol–water partition coefficient (Wildman–Crippen LogP) is 17.7. The molecule has 70 heavy (non-hydrogen) atoms. The molecular weight excluding hydrogens is 865 g/mol. The topological polar surface area (TPSA) is 91.2 Å². The van der Waals surface area contributed by atoms with Crippen molar-refractivity contribution in [2.24, 2.45) is 5.92 Å². The number of fused-ring (bicyclic) bond motifs is 9. The maximum Gasteiger partial charge on any atom is 0.232 e. The van der Waals surface area contributed by atoms with Gasteiger partial charge in [0.05, 0.1) is 51.9 Å². The molecule has 0 fully saturated rings. The van der Waals surface area contributed by atoms with Crippen molar-refractivity contribution in [3.05, 3.63) is 214 Å². The van der Waals surface area contributed by atoms with Crippen molar-refractivity contribution in [3.8, 4) is 33.8 Å². The van der Waals surface area contributed by atoms with Crippen LogP contribution in [0, 0.1) is 46.4 Å². The molecule has 0 radical (unpaired) electrons. The molecule has 12 aromatic rings. The molecule has 6 aromatic heterocycles. The third kappa shape index (κ3) is 8.04. The molecule has 0 aliphatic rings. The van der Waals surface area contributed by atoms with Gasteiger partial charge in [0.25, 0.3) is 0 Å². The summed E-state index contributed by atoms with van der Waals surface area (Å²) in [6.45, 7) is 31.1. The average molecular weight is 922 g/mol. The Balaban J connectivity index is 0.000000140. The number of hydrogen-bond donors (Lipinski definition) is 0. The Morgan fingerprint density at radius 1 is 0.514 bits per heavy atom. The zero-order valence-electron chi connectivity index (χ0n) is 51.1. The minimum absolute atomic E-state index is 0.0342. The summed E-state index contributed by atoms with van der Waals surface area (Å²) in [7, 11) is 0. The number of para-hydroxylation sites is 3. The van der Waals surface area contributed by atoms with E-state index in [2.05, 4.69) is 29.5 Å². The van der Waals surface area contributed by atoms with E-state index in [0.717, 1.165) is 32.7 Å². The third-order valence-electron chi connectivity index (χ3n) is 11.6. The first kappa shape index (κ1) is 31.6. The molecule has 9 nitrogen and oxygen atoms in total. The molecule has 9 heteroatoms. The van der Waals surface area contributed by atoms with Crippen LogP contribution >= 0.6 is 0 Å². The molecule has 6 aromatic carbocycles. The van der Waals surface area contributed by atoms with E-state index in [1.807, 2.05) is 50.2 Å². The lowest BCUT2D eigenvalue weighted by Crippen LogP contribution is -1.94. The molecule has 0 saturated heterocycles. The van der Waals surface area contributed by atoms with E-state index in [9.17, 15) is 0 Å². The summed E-state index contributed by atoms with van der Waals surface area (Å²) >= 11 is 0. The normalized spacial score (nSPS) is 13.9. The number of hydrogen-bond acceptors (Lipinski definition) is 6. The van der Waals surface area contributed by atoms with Gasteiger partial charge in [0, 0.05) is 75.4 Å². The fraction of sp³-hybridized carbons (Fsp3) is 0.115. The van der Waals surface area contributed by atoms with Crippen LogP contribution in [-0.4, -0.2) is 15.0 Å². The van der Waals surface area contributed by atoms with Gasteiger partial charge in [-0.2, -0.15) is 0 Å². The Labute approximate surface area is 423 Å². The molecule has 0 saturated carbocycles. The molecule has 0 unspecified atom stereocenters. The van der Waals surface area contributed by atoms with Crippen LogP contribution in [0.2, 0.25) is 0 Å². The molecule has 0 aliphatic carbocycles. The molecule has 6 heterocycles. The van der Waals surface area contributed by atoms with E-state index in [4.69, 9.17) is 50.8 Å². The molecule has 0 aliphatic heterocycles. The van der Waals surface area contributed by atoms with Gasteiger partial charge in [0.15, 0.2) is 11.4 Å². The molecule has 0 bridgehead atoms. The lowest BCUT2D eigenvalue weighted by molar-refractivity contribution is 0.625. The van der Waals surface area contributed by atoms with Gasteiger partial charge in [-0.15, -0.1) is 0 Å². The second kappa shape index (κ2) is 18.7. The van der Waals surface area contributed by atoms with Gasteiger partial charge < -0.3 is 13.3 Å². The van der Waals surface area contributed by atoms with Gasteiger partial charge in [-0.3, -0.25) is 15.0 Å². The molecule has 0 spiro atoms. The van der Waals surface area contributed by atoms with Crippen molar-refractivity contribution < 1.29 is 31.1 Å². The summed E-state index contributed by atoms with van der Waals surface area (Å²) in [5, 5.41) is 4.62. The fourth-order valence-electron chi connectivity index (χ4n) is 8.37. The first-order valence-corrected chi connectivity index (χ1v) is 21.8. The Morgan fingerprint density at radius 3 is 1.57 bits per heavy atom. The van der Waals surface area contributed by atoms with Crippen molar-refractivity contribution in [1.82, 2.24) is 15.0 Å². The van der Waals surface area contributed by atoms with Crippen LogP contribution in [0.15, 0.2) is 171 Å². The minimum atomic E-state index is -1.82. The van der Waals surface area contributed by atoms with E-state index >= 15 is 0 Å². The Morgan fingerprint density at radius 2 is 1.00 bits per heavy atom. The van der Waals surface area contributed by atoms with Crippen LogP contribution in [0.1, 0.15) is 54.1 Å². The zero-order valence-corrected chi connectivity index (χ0v) is 38.1. The van der Waals surface area contributed by atoms with Crippen molar-refractivity contribution in [2.45, 2.75) is 41.0 Å². The third-order valence-corrected chi connectivity index (χ3v) is 11.6. The van der Waals surface area contributed by atoms with Gasteiger partial charge >= 0.3 is 0 Å². The van der Waals surface area contributed by atoms with Gasteiger partial charge in [-0.25, -0.2) is 14.5 Å². The highest BCUT2D eigenvalue weighted by Gasteiger charge is 2.20. The standard InChI is InChI=1S/C22H18N2O.C20H14N2O.C19H12N2O/c1-14(2)13-18-19(23-3)11-10-16-15-7-6-8-17(21(15)25-22(16)18)20-9-4-5-12-24-20;1-12-6-4-9-18(22-12)16-8-5-7-14-15-10-11-17(21-3)13(2)19(15)23-20(14)16;1-12-9-10-14-13-6-5-7-15(16-8-3-4-11-21-16)18(13)22-19(14)17(12)20-2/h4-12,14H,13H2,1-2H3;4-11H,1-2H3;3-11H,1H3/i4D,5D,9D,12D,13D2;4D,6D,9D;3D,4D,8D,11D. The molecule has 0 N–H and O–H groups in total. The molecule has 0 atom stereocenters. The average Bonchev–Trinajstić information content (AvgIpc) is 3.04. The molecule has 336 valence electrons. The first-order chi connectivity index (χ1) is 39.5. The largest absolute Gasteiger partial charge is 0.466 e. The van der Waals surface area contributed by atoms with Crippen molar-refractivity contribution in [2.75, 3.05) is 0 Å². The van der Waals surface area contributed by atoms with Crippen LogP contribution < -0.4 is 0 Å². The Bertz CT molecular complexity index is 4870. The van der Waals surface area contributed by atoms with Crippen LogP contribution in [-0.2, 0) is 6.37 Å². The second-order valence-electron chi connectivity index (χ2n) is 16.3. The summed E-state index contributed by atoms with van der Waals surface area (Å²) in [4.78, 5) is 23.1. The number of aryl methyl sites for hydroxylation is 3. The van der Waals surface area contributed by atoms with Crippen LogP contribution in [0.4, 0.5) is 17.1 Å². The van der Waals surface area contributed by atoms with E-state index in [1.165, 1.54) is 0 Å². The van der Waals surface area contributed by atoms with Crippen molar-refractivity contribution >= 4 is 82.9 Å². The van der Waals surface area contributed by atoms with Gasteiger partial charge in [0.2, 0.25) is 5.69 Å². The molecular formula is C61H44N6O3. The minimum Gasteiger partial charge on any atom is -0.466 e. The zero-order chi connectivity index (χ0) is 59.8. The molecule has 0 amide bonds. The van der Waals surface area contributed by atoms with E-state index in [0.29, 0.717) is 78.1 Å². The van der Waals surface area contributed by atoms with Crippen LogP contribution in [0.3, 0.4) is 0 Å². The van der Waals surface area contributed by atoms with E-state index in [1.54, 1.807) is 75.4 Å². The second-order valence-corrected chi connectivity index (χ2v) is 16.3. The predicted molar refractivity (Wildman–Crippen MR) is 282 cm³/mol. The van der Waals surface area contributed by atoms with E-state index in [-0.39, 0.29) is 76.7 Å². The highest BCUT2D eigenvalue weighted by molar-refractivity contribution is 6.14. The van der Waals surface area contributed by atoms with Crippen LogP contribution in [0.25, 0.3) is 114 Å². The number of nitrogens with zero attached hydrogens (tertiary/aromatic N) is 6. The number of furan rings is 3. The highest BCUT2D eigenvalue weighted by Crippen LogP contribution is 2.43. The Kier molecular flexibility index (Phi) is 8.45. The van der Waals surface area contributed by atoms with E-state index < -0.39 is 30.5 Å². The number of rotatable bonds is 5. The first-order valence-electron chi connectivity index (χ1n) is 28.3. The van der Waals surface area contributed by atoms with Crippen molar-refractivity contribution in [3.63, 3.8) is 0 Å². The van der Waals surface area contributed by atoms with Gasteiger partial charge in [0.1, 0.15) is 33.5 Å². The highest BCUT2D eigenvalue weighted by atomic mass is 16.3. The summed E-state index contributed by atoms with van der Waals surface area (Å²) in [6.07, 6.45) is -2.58. The lowest BCUT2D eigenvalue weighted by Gasteiger charge is -2.07. The SMILES string of the molecule is [2H]c1c(C)nc(-c2cccc3c2oc2c(C)c([N+]#[C-])ccc23)c([2H])c1[2H].[2H]c1nc(-c2cccc3c2oc2c(C([2H])([2H])C(C)C)c([N+]#[C-])ccc23)c([2H])c([2H])c1[2H].[2H]c1nc(-c2cccc3c2oc2c([N+]#[C-])c(C)ccc23)c([2H])c([2H])c1[2H]. The maximum absolute atomic E-state index is 8.60. The maximum atomic E-state index is 8.60. The molecule has 12 rings (SSSR count). The Hall–Kier alpha value is -9.36. The number of benzene rings is 6. The van der Waals surface area contributed by atoms with Gasteiger partial charge in [-0.05, 0) is 98.6 Å². The van der Waals surface area contributed by atoms with Gasteiger partial charge in [-0.1, -0.05) is 105 Å². The summed E-state index contributed by atoms with van der Waals surface area (Å²) < 4.78 is 123. The monoisotopic (exact) mass is 921 g/mol. The summed E-state index contributed by atoms with van der Waals surface area (Å²) in [5.41, 5.74) is 8.03. The summed E-state index contributed by atoms with van der Waals surface area (Å²) in [6, 6.07) is 24.5. The number of pyridine rings is 3. The van der Waals surface area contributed by atoms with Crippen LogP contribution in [0.5, 0.6) is 0 Å². The number of aromatic nitrogens is 3.